The van der Waals surface area contributed by atoms with Gasteiger partial charge in [0.15, 0.2) is 0 Å². The first-order valence-corrected chi connectivity index (χ1v) is 6.84. The van der Waals surface area contributed by atoms with E-state index in [1.54, 1.807) is 0 Å². The molecule has 0 aliphatic rings. The number of alkyl halides is 1. The van der Waals surface area contributed by atoms with Crippen molar-refractivity contribution in [3.05, 3.63) is 35.4 Å². The summed E-state index contributed by atoms with van der Waals surface area (Å²) in [6.45, 7) is 8.11. The summed E-state index contributed by atoms with van der Waals surface area (Å²) in [7, 11) is 0. The van der Waals surface area contributed by atoms with Gasteiger partial charge in [0.25, 0.3) is 0 Å². The van der Waals surface area contributed by atoms with Crippen molar-refractivity contribution in [1.82, 2.24) is 5.32 Å². The highest BCUT2D eigenvalue weighted by Gasteiger charge is 2.20. The Morgan fingerprint density at radius 3 is 2.18 bits per heavy atom. The fraction of sp³-hybridized carbons (Fsp3) is 0.500. The molecule has 1 amide bonds. The third-order valence-corrected chi connectivity index (χ3v) is 4.25. The van der Waals surface area contributed by atoms with Crippen LogP contribution in [0.1, 0.15) is 37.9 Å². The number of halogens is 1. The minimum atomic E-state index is -0.129. The minimum Gasteiger partial charge on any atom is -0.349 e. The van der Waals surface area contributed by atoms with E-state index >= 15 is 0 Å². The van der Waals surface area contributed by atoms with E-state index in [1.807, 2.05) is 20.8 Å². The molecule has 94 valence electrons. The Morgan fingerprint density at radius 1 is 1.18 bits per heavy atom. The quantitative estimate of drug-likeness (QED) is 0.846. The van der Waals surface area contributed by atoms with E-state index in [-0.39, 0.29) is 16.8 Å². The number of hydrogen-bond acceptors (Lipinski definition) is 1. The predicted molar refractivity (Wildman–Crippen MR) is 75.3 cm³/mol. The predicted octanol–water partition coefficient (Wildman–Crippen LogP) is 3.59. The van der Waals surface area contributed by atoms with Crippen LogP contribution in [0.2, 0.25) is 0 Å². The summed E-state index contributed by atoms with van der Waals surface area (Å²) in [6, 6.07) is 8.28. The molecular formula is C14H20BrNO. The Bertz CT molecular complexity index is 372. The molecular weight excluding hydrogens is 278 g/mol. The monoisotopic (exact) mass is 297 g/mol. The second kappa shape index (κ2) is 6.20. The Balaban J connectivity index is 2.63. The van der Waals surface area contributed by atoms with E-state index < -0.39 is 0 Å². The first kappa shape index (κ1) is 14.2. The highest BCUT2D eigenvalue weighted by atomic mass is 79.9. The molecule has 1 aromatic rings. The molecule has 1 aromatic carbocycles. The van der Waals surface area contributed by atoms with Crippen LogP contribution in [0.5, 0.6) is 0 Å². The number of hydrogen-bond donors (Lipinski definition) is 1. The SMILES string of the molecule is Cc1ccc(C(C)NC(=O)C(Br)C(C)C)cc1. The standard InChI is InChI=1S/C14H20BrNO/c1-9(2)13(15)14(17)16-11(4)12-7-5-10(3)6-8-12/h5-9,11,13H,1-4H3,(H,16,17). The maximum atomic E-state index is 11.9. The number of rotatable bonds is 4. The zero-order valence-electron chi connectivity index (χ0n) is 10.8. The molecule has 0 saturated heterocycles. The molecule has 0 aliphatic heterocycles. The fourth-order valence-corrected chi connectivity index (χ4v) is 1.67. The summed E-state index contributed by atoms with van der Waals surface area (Å²) >= 11 is 3.41. The Labute approximate surface area is 112 Å². The molecule has 0 aliphatic carbocycles. The van der Waals surface area contributed by atoms with Crippen LogP contribution < -0.4 is 5.32 Å². The normalized spacial score (nSPS) is 14.5. The lowest BCUT2D eigenvalue weighted by molar-refractivity contribution is -0.121. The zero-order valence-corrected chi connectivity index (χ0v) is 12.4. The lowest BCUT2D eigenvalue weighted by Gasteiger charge is -2.19. The lowest BCUT2D eigenvalue weighted by Crippen LogP contribution is -2.35. The van der Waals surface area contributed by atoms with Gasteiger partial charge in [-0.1, -0.05) is 59.6 Å². The molecule has 2 nitrogen and oxygen atoms in total. The molecule has 0 saturated carbocycles. The second-order valence-corrected chi connectivity index (χ2v) is 5.77. The van der Waals surface area contributed by atoms with Crippen molar-refractivity contribution < 1.29 is 4.79 Å². The average molecular weight is 298 g/mol. The second-order valence-electron chi connectivity index (χ2n) is 4.79. The molecule has 1 N–H and O–H groups in total. The van der Waals surface area contributed by atoms with Gasteiger partial charge in [0.2, 0.25) is 5.91 Å². The highest BCUT2D eigenvalue weighted by molar-refractivity contribution is 9.10. The Hall–Kier alpha value is -0.830. The number of benzene rings is 1. The highest BCUT2D eigenvalue weighted by Crippen LogP contribution is 2.16. The number of amides is 1. The molecule has 3 heteroatoms. The lowest BCUT2D eigenvalue weighted by atomic mass is 10.1. The number of carbonyl (C=O) groups is 1. The summed E-state index contributed by atoms with van der Waals surface area (Å²) in [4.78, 5) is 11.7. The molecule has 2 atom stereocenters. The molecule has 0 spiro atoms. The topological polar surface area (TPSA) is 29.1 Å². The van der Waals surface area contributed by atoms with Gasteiger partial charge >= 0.3 is 0 Å². The van der Waals surface area contributed by atoms with Gasteiger partial charge in [-0.3, -0.25) is 4.79 Å². The van der Waals surface area contributed by atoms with Crippen LogP contribution in [-0.2, 0) is 4.79 Å². The van der Waals surface area contributed by atoms with E-state index in [1.165, 1.54) is 5.56 Å². The molecule has 0 heterocycles. The van der Waals surface area contributed by atoms with E-state index in [2.05, 4.69) is 52.4 Å². The van der Waals surface area contributed by atoms with Crippen molar-refractivity contribution in [2.75, 3.05) is 0 Å². The van der Waals surface area contributed by atoms with Crippen LogP contribution in [-0.4, -0.2) is 10.7 Å². The van der Waals surface area contributed by atoms with Gasteiger partial charge in [-0.2, -0.15) is 0 Å². The summed E-state index contributed by atoms with van der Waals surface area (Å²) in [5.74, 6) is 0.341. The van der Waals surface area contributed by atoms with Crippen LogP contribution in [0.4, 0.5) is 0 Å². The Morgan fingerprint density at radius 2 is 1.71 bits per heavy atom. The third kappa shape index (κ3) is 4.15. The largest absolute Gasteiger partial charge is 0.349 e. The summed E-state index contributed by atoms with van der Waals surface area (Å²) in [6.07, 6.45) is 0. The number of aryl methyl sites for hydroxylation is 1. The molecule has 0 fully saturated rings. The maximum Gasteiger partial charge on any atom is 0.234 e. The maximum absolute atomic E-state index is 11.9. The Kier molecular flexibility index (Phi) is 5.19. The minimum absolute atomic E-state index is 0.0434. The number of carbonyl (C=O) groups excluding carboxylic acids is 1. The molecule has 0 bridgehead atoms. The molecule has 0 aromatic heterocycles. The van der Waals surface area contributed by atoms with E-state index in [0.29, 0.717) is 5.92 Å². The molecule has 2 unspecified atom stereocenters. The van der Waals surface area contributed by atoms with Crippen molar-refractivity contribution >= 4 is 21.8 Å². The van der Waals surface area contributed by atoms with Crippen molar-refractivity contribution in [2.45, 2.75) is 38.6 Å². The average Bonchev–Trinajstić information content (AvgIpc) is 2.28. The summed E-state index contributed by atoms with van der Waals surface area (Å²) in [5.41, 5.74) is 2.36. The van der Waals surface area contributed by atoms with E-state index in [9.17, 15) is 4.79 Å². The third-order valence-electron chi connectivity index (χ3n) is 2.77. The van der Waals surface area contributed by atoms with Gasteiger partial charge in [-0.15, -0.1) is 0 Å². The fourth-order valence-electron chi connectivity index (χ4n) is 1.53. The van der Waals surface area contributed by atoms with Crippen molar-refractivity contribution in [1.29, 1.82) is 0 Å². The van der Waals surface area contributed by atoms with Gasteiger partial charge < -0.3 is 5.32 Å². The van der Waals surface area contributed by atoms with Crippen molar-refractivity contribution in [2.24, 2.45) is 5.92 Å². The van der Waals surface area contributed by atoms with Crippen LogP contribution in [0.15, 0.2) is 24.3 Å². The van der Waals surface area contributed by atoms with Gasteiger partial charge in [-0.25, -0.2) is 0 Å². The molecule has 17 heavy (non-hydrogen) atoms. The zero-order chi connectivity index (χ0) is 13.0. The van der Waals surface area contributed by atoms with Gasteiger partial charge in [0.05, 0.1) is 10.9 Å². The number of nitrogens with one attached hydrogen (secondary N) is 1. The van der Waals surface area contributed by atoms with E-state index in [4.69, 9.17) is 0 Å². The van der Waals surface area contributed by atoms with E-state index in [0.717, 1.165) is 5.56 Å². The molecule has 1 rings (SSSR count). The molecule has 0 radical (unpaired) electrons. The smallest absolute Gasteiger partial charge is 0.234 e. The van der Waals surface area contributed by atoms with Crippen molar-refractivity contribution in [3.8, 4) is 0 Å². The van der Waals surface area contributed by atoms with Gasteiger partial charge in [-0.05, 0) is 25.3 Å². The summed E-state index contributed by atoms with van der Waals surface area (Å²) in [5, 5.41) is 3.01. The van der Waals surface area contributed by atoms with Crippen LogP contribution in [0.25, 0.3) is 0 Å². The first-order chi connectivity index (χ1) is 7.91. The van der Waals surface area contributed by atoms with Crippen molar-refractivity contribution in [3.63, 3.8) is 0 Å². The summed E-state index contributed by atoms with van der Waals surface area (Å²) < 4.78 is 0. The van der Waals surface area contributed by atoms with Crippen LogP contribution in [0, 0.1) is 12.8 Å². The first-order valence-electron chi connectivity index (χ1n) is 5.93. The van der Waals surface area contributed by atoms with Gasteiger partial charge in [0, 0.05) is 0 Å². The van der Waals surface area contributed by atoms with Gasteiger partial charge in [0.1, 0.15) is 0 Å². The van der Waals surface area contributed by atoms with Crippen LogP contribution >= 0.6 is 15.9 Å². The van der Waals surface area contributed by atoms with Crippen LogP contribution in [0.3, 0.4) is 0 Å².